The average molecular weight is 339 g/mol. The number of phenolic OH excluding ortho intramolecular Hbond substituents is 1. The van der Waals surface area contributed by atoms with Gasteiger partial charge in [0.1, 0.15) is 11.3 Å². The highest BCUT2D eigenvalue weighted by molar-refractivity contribution is 5.94. The van der Waals surface area contributed by atoms with Crippen LogP contribution in [0.15, 0.2) is 24.3 Å². The van der Waals surface area contributed by atoms with Crippen LogP contribution < -0.4 is 5.32 Å². The molecule has 0 radical (unpaired) electrons. The van der Waals surface area contributed by atoms with Gasteiger partial charge < -0.3 is 25.4 Å². The number of phenols is 1. The van der Waals surface area contributed by atoms with E-state index < -0.39 is 36.0 Å². The molecule has 24 heavy (non-hydrogen) atoms. The summed E-state index contributed by atoms with van der Waals surface area (Å²) in [6.07, 6.45) is -1.64. The molecule has 0 unspecified atom stereocenters. The summed E-state index contributed by atoms with van der Waals surface area (Å²) in [5.41, 5.74) is -1.22. The first-order chi connectivity index (χ1) is 11.2. The Hall–Kier alpha value is -2.61. The molecule has 1 amide bonds. The second kappa shape index (κ2) is 8.30. The maximum atomic E-state index is 12.2. The van der Waals surface area contributed by atoms with Crippen LogP contribution in [0.1, 0.15) is 30.6 Å². The highest BCUT2D eigenvalue weighted by Crippen LogP contribution is 2.25. The van der Waals surface area contributed by atoms with Gasteiger partial charge in [-0.25, -0.2) is 4.79 Å². The number of esters is 1. The molecule has 0 fully saturated rings. The average Bonchev–Trinajstić information content (AvgIpc) is 2.52. The van der Waals surface area contributed by atoms with E-state index in [0.29, 0.717) is 0 Å². The first kappa shape index (κ1) is 19.4. The number of carboxylic acids is 1. The summed E-state index contributed by atoms with van der Waals surface area (Å²) in [7, 11) is 0. The predicted molar refractivity (Wildman–Crippen MR) is 83.4 cm³/mol. The maximum absolute atomic E-state index is 12.2. The maximum Gasteiger partial charge on any atom is 0.342 e. The Labute approximate surface area is 139 Å². The van der Waals surface area contributed by atoms with Gasteiger partial charge in [-0.2, -0.15) is 0 Å². The van der Waals surface area contributed by atoms with E-state index in [0.717, 1.165) is 0 Å². The van der Waals surface area contributed by atoms with Crippen LogP contribution in [0.4, 0.5) is 0 Å². The van der Waals surface area contributed by atoms with Gasteiger partial charge in [-0.1, -0.05) is 26.0 Å². The Morgan fingerprint density at radius 1 is 1.25 bits per heavy atom. The molecule has 1 rings (SSSR count). The lowest BCUT2D eigenvalue weighted by Gasteiger charge is -2.31. The van der Waals surface area contributed by atoms with Gasteiger partial charge in [0.25, 0.3) is 5.91 Å². The number of aromatic hydroxyl groups is 1. The molecule has 0 aliphatic rings. The molecule has 0 aromatic heterocycles. The predicted octanol–water partition coefficient (Wildman–Crippen LogP) is 0.527. The molecule has 0 bridgehead atoms. The van der Waals surface area contributed by atoms with E-state index in [4.69, 9.17) is 9.84 Å². The number of aliphatic hydroxyl groups is 1. The molecule has 0 aliphatic heterocycles. The number of ether oxygens (including phenoxy) is 1. The van der Waals surface area contributed by atoms with Crippen LogP contribution in [0.3, 0.4) is 0 Å². The van der Waals surface area contributed by atoms with Gasteiger partial charge in [0.05, 0.1) is 13.0 Å². The summed E-state index contributed by atoms with van der Waals surface area (Å²) in [4.78, 5) is 34.9. The van der Waals surface area contributed by atoms with Crippen LogP contribution in [0.25, 0.3) is 0 Å². The fraction of sp³-hybridized carbons (Fsp3) is 0.438. The van der Waals surface area contributed by atoms with Gasteiger partial charge in [0, 0.05) is 12.0 Å². The van der Waals surface area contributed by atoms with Crippen molar-refractivity contribution in [3.05, 3.63) is 29.8 Å². The van der Waals surface area contributed by atoms with Gasteiger partial charge in [0.2, 0.25) is 0 Å². The van der Waals surface area contributed by atoms with Crippen LogP contribution >= 0.6 is 0 Å². The monoisotopic (exact) mass is 339 g/mol. The van der Waals surface area contributed by atoms with Crippen LogP contribution in [-0.2, 0) is 14.3 Å². The smallest absolute Gasteiger partial charge is 0.342 e. The largest absolute Gasteiger partial charge is 0.507 e. The van der Waals surface area contributed by atoms with E-state index in [1.54, 1.807) is 0 Å². The molecule has 0 saturated carbocycles. The molecule has 0 saturated heterocycles. The molecule has 1 aromatic rings. The first-order valence-electron chi connectivity index (χ1n) is 7.28. The molecule has 8 heteroatoms. The molecule has 1 aromatic carbocycles. The van der Waals surface area contributed by atoms with Crippen molar-refractivity contribution in [1.82, 2.24) is 5.32 Å². The van der Waals surface area contributed by atoms with E-state index in [-0.39, 0.29) is 24.3 Å². The highest BCUT2D eigenvalue weighted by atomic mass is 16.6. The van der Waals surface area contributed by atoms with Crippen LogP contribution in [0, 0.1) is 5.41 Å². The SMILES string of the molecule is CC(C)(CO)[C@@H](OC(=O)c1ccccc1O)C(=O)NCCC(=O)O. The van der Waals surface area contributed by atoms with Crippen molar-refractivity contribution in [1.29, 1.82) is 0 Å². The normalized spacial score (nSPS) is 12.3. The van der Waals surface area contributed by atoms with Crippen molar-refractivity contribution in [3.63, 3.8) is 0 Å². The van der Waals surface area contributed by atoms with E-state index in [1.807, 2.05) is 0 Å². The third kappa shape index (κ3) is 5.24. The van der Waals surface area contributed by atoms with Crippen LogP contribution in [0.2, 0.25) is 0 Å². The van der Waals surface area contributed by atoms with Crippen molar-refractivity contribution in [3.8, 4) is 5.75 Å². The minimum Gasteiger partial charge on any atom is -0.507 e. The molecule has 8 nitrogen and oxygen atoms in total. The highest BCUT2D eigenvalue weighted by Gasteiger charge is 2.38. The third-order valence-corrected chi connectivity index (χ3v) is 3.34. The molecular formula is C16H21NO7. The number of nitrogens with one attached hydrogen (secondary N) is 1. The fourth-order valence-electron chi connectivity index (χ4n) is 1.85. The number of carbonyl (C=O) groups is 3. The lowest BCUT2D eigenvalue weighted by atomic mass is 9.86. The van der Waals surface area contributed by atoms with E-state index in [9.17, 15) is 24.6 Å². The molecule has 132 valence electrons. The molecule has 0 spiro atoms. The minimum absolute atomic E-state index is 0.116. The lowest BCUT2D eigenvalue weighted by molar-refractivity contribution is -0.139. The Morgan fingerprint density at radius 3 is 2.42 bits per heavy atom. The van der Waals surface area contributed by atoms with Crippen molar-refractivity contribution < 1.29 is 34.4 Å². The number of benzene rings is 1. The Balaban J connectivity index is 2.91. The Kier molecular flexibility index (Phi) is 6.72. The van der Waals surface area contributed by atoms with Crippen molar-refractivity contribution in [2.24, 2.45) is 5.41 Å². The van der Waals surface area contributed by atoms with Crippen molar-refractivity contribution >= 4 is 17.8 Å². The van der Waals surface area contributed by atoms with Crippen LogP contribution in [-0.4, -0.2) is 52.4 Å². The van der Waals surface area contributed by atoms with Crippen molar-refractivity contribution in [2.45, 2.75) is 26.4 Å². The summed E-state index contributed by atoms with van der Waals surface area (Å²) in [5, 5.41) is 30.1. The molecule has 0 heterocycles. The number of rotatable bonds is 8. The Morgan fingerprint density at radius 2 is 1.88 bits per heavy atom. The van der Waals surface area contributed by atoms with E-state index in [2.05, 4.69) is 5.32 Å². The van der Waals surface area contributed by atoms with Gasteiger partial charge in [-0.15, -0.1) is 0 Å². The summed E-state index contributed by atoms with van der Waals surface area (Å²) < 4.78 is 5.17. The second-order valence-electron chi connectivity index (χ2n) is 5.88. The van der Waals surface area contributed by atoms with E-state index >= 15 is 0 Å². The number of hydrogen-bond acceptors (Lipinski definition) is 6. The zero-order valence-corrected chi connectivity index (χ0v) is 13.5. The summed E-state index contributed by atoms with van der Waals surface area (Å²) in [6.45, 7) is 2.46. The number of aliphatic hydroxyl groups excluding tert-OH is 1. The number of hydrogen-bond donors (Lipinski definition) is 4. The minimum atomic E-state index is -1.36. The molecule has 4 N–H and O–H groups in total. The van der Waals surface area contributed by atoms with Gasteiger partial charge in [0.15, 0.2) is 6.10 Å². The zero-order chi connectivity index (χ0) is 18.3. The van der Waals surface area contributed by atoms with Gasteiger partial charge in [-0.3, -0.25) is 9.59 Å². The fourth-order valence-corrected chi connectivity index (χ4v) is 1.85. The second-order valence-corrected chi connectivity index (χ2v) is 5.88. The summed E-state index contributed by atoms with van der Waals surface area (Å²) >= 11 is 0. The zero-order valence-electron chi connectivity index (χ0n) is 13.5. The Bertz CT molecular complexity index is 612. The van der Waals surface area contributed by atoms with E-state index in [1.165, 1.54) is 38.1 Å². The number of carbonyl (C=O) groups excluding carboxylic acids is 2. The number of aliphatic carboxylic acids is 1. The van der Waals surface area contributed by atoms with Gasteiger partial charge >= 0.3 is 11.9 Å². The number of amides is 1. The lowest BCUT2D eigenvalue weighted by Crippen LogP contribution is -2.48. The summed E-state index contributed by atoms with van der Waals surface area (Å²) in [5.74, 6) is -3.03. The third-order valence-electron chi connectivity index (χ3n) is 3.34. The number of carboxylic acid groups (broad SMARTS) is 1. The van der Waals surface area contributed by atoms with Gasteiger partial charge in [-0.05, 0) is 12.1 Å². The molecular weight excluding hydrogens is 318 g/mol. The quantitative estimate of drug-likeness (QED) is 0.508. The van der Waals surface area contributed by atoms with Crippen molar-refractivity contribution in [2.75, 3.05) is 13.2 Å². The molecule has 1 atom stereocenters. The standard InChI is InChI=1S/C16H21NO7/c1-16(2,9-18)13(14(22)17-8-7-12(20)21)24-15(23)10-5-3-4-6-11(10)19/h3-6,13,18-19H,7-9H2,1-2H3,(H,17,22)(H,20,21)/t13-/m0/s1. The van der Waals surface area contributed by atoms with Crippen LogP contribution in [0.5, 0.6) is 5.75 Å². The molecule has 0 aliphatic carbocycles. The topological polar surface area (TPSA) is 133 Å². The number of para-hydroxylation sites is 1. The first-order valence-corrected chi connectivity index (χ1v) is 7.28. The summed E-state index contributed by atoms with van der Waals surface area (Å²) in [6, 6.07) is 5.69.